The highest BCUT2D eigenvalue weighted by atomic mass is 15.2. The first-order chi connectivity index (χ1) is 6.15. The largest absolute Gasteiger partial charge is 0.315 e. The predicted octanol–water partition coefficient (Wildman–Crippen LogP) is 1.57. The van der Waals surface area contributed by atoms with Gasteiger partial charge in [-0.3, -0.25) is 4.90 Å². The zero-order valence-corrected chi connectivity index (χ0v) is 9.51. The lowest BCUT2D eigenvalue weighted by molar-refractivity contribution is 0.242. The van der Waals surface area contributed by atoms with Crippen LogP contribution in [0.2, 0.25) is 0 Å². The molecule has 78 valence electrons. The van der Waals surface area contributed by atoms with Crippen molar-refractivity contribution in [2.75, 3.05) is 26.2 Å². The lowest BCUT2D eigenvalue weighted by Crippen LogP contribution is -2.39. The summed E-state index contributed by atoms with van der Waals surface area (Å²) in [4.78, 5) is 2.61. The zero-order chi connectivity index (χ0) is 9.84. The van der Waals surface area contributed by atoms with Gasteiger partial charge >= 0.3 is 0 Å². The van der Waals surface area contributed by atoms with Crippen LogP contribution >= 0.6 is 0 Å². The first kappa shape index (κ1) is 11.0. The SMILES string of the molecule is CCNCC(C)N1CC(C)C(C)C1. The smallest absolute Gasteiger partial charge is 0.0192 e. The van der Waals surface area contributed by atoms with E-state index in [0.29, 0.717) is 6.04 Å². The summed E-state index contributed by atoms with van der Waals surface area (Å²) in [5, 5.41) is 3.41. The highest BCUT2D eigenvalue weighted by Crippen LogP contribution is 2.23. The molecule has 0 amide bonds. The van der Waals surface area contributed by atoms with E-state index >= 15 is 0 Å². The third-order valence-corrected chi connectivity index (χ3v) is 3.33. The minimum absolute atomic E-state index is 0.701. The van der Waals surface area contributed by atoms with Crippen LogP contribution in [0.3, 0.4) is 0 Å². The summed E-state index contributed by atoms with van der Waals surface area (Å²) >= 11 is 0. The number of rotatable bonds is 4. The standard InChI is InChI=1S/C11H24N2/c1-5-12-6-11(4)13-7-9(2)10(3)8-13/h9-12H,5-8H2,1-4H3. The van der Waals surface area contributed by atoms with Gasteiger partial charge in [-0.05, 0) is 25.3 Å². The average molecular weight is 184 g/mol. The number of nitrogens with zero attached hydrogens (tertiary/aromatic N) is 1. The van der Waals surface area contributed by atoms with Crippen LogP contribution in [0.25, 0.3) is 0 Å². The fourth-order valence-corrected chi connectivity index (χ4v) is 2.02. The fraction of sp³-hybridized carbons (Fsp3) is 1.00. The van der Waals surface area contributed by atoms with Gasteiger partial charge in [-0.2, -0.15) is 0 Å². The summed E-state index contributed by atoms with van der Waals surface area (Å²) in [6.45, 7) is 14.0. The van der Waals surface area contributed by atoms with E-state index in [-0.39, 0.29) is 0 Å². The number of hydrogen-bond donors (Lipinski definition) is 1. The van der Waals surface area contributed by atoms with Gasteiger partial charge in [-0.15, -0.1) is 0 Å². The number of likely N-dealkylation sites (tertiary alicyclic amines) is 1. The molecule has 1 N–H and O–H groups in total. The summed E-state index contributed by atoms with van der Waals surface area (Å²) in [6, 6.07) is 0.701. The molecule has 2 nitrogen and oxygen atoms in total. The van der Waals surface area contributed by atoms with Crippen LogP contribution in [0.1, 0.15) is 27.7 Å². The van der Waals surface area contributed by atoms with Gasteiger partial charge in [0.15, 0.2) is 0 Å². The van der Waals surface area contributed by atoms with Gasteiger partial charge < -0.3 is 5.32 Å². The molecule has 0 spiro atoms. The first-order valence-electron chi connectivity index (χ1n) is 5.59. The molecule has 1 rings (SSSR count). The Bertz CT molecular complexity index is 137. The highest BCUT2D eigenvalue weighted by Gasteiger charge is 2.28. The van der Waals surface area contributed by atoms with Crippen molar-refractivity contribution >= 4 is 0 Å². The third kappa shape index (κ3) is 2.96. The van der Waals surface area contributed by atoms with Gasteiger partial charge in [0.25, 0.3) is 0 Å². The Morgan fingerprint density at radius 1 is 1.31 bits per heavy atom. The molecule has 13 heavy (non-hydrogen) atoms. The minimum Gasteiger partial charge on any atom is -0.315 e. The number of hydrogen-bond acceptors (Lipinski definition) is 2. The normalized spacial score (nSPS) is 32.3. The van der Waals surface area contributed by atoms with Crippen molar-refractivity contribution in [2.24, 2.45) is 11.8 Å². The van der Waals surface area contributed by atoms with Gasteiger partial charge in [-0.1, -0.05) is 20.8 Å². The zero-order valence-electron chi connectivity index (χ0n) is 9.51. The van der Waals surface area contributed by atoms with Crippen LogP contribution in [0.15, 0.2) is 0 Å². The second-order valence-electron chi connectivity index (χ2n) is 4.57. The van der Waals surface area contributed by atoms with Gasteiger partial charge in [0.2, 0.25) is 0 Å². The van der Waals surface area contributed by atoms with Crippen molar-refractivity contribution in [2.45, 2.75) is 33.7 Å². The minimum atomic E-state index is 0.701. The number of likely N-dealkylation sites (N-methyl/N-ethyl adjacent to an activating group) is 1. The molecule has 2 heteroatoms. The van der Waals surface area contributed by atoms with Crippen molar-refractivity contribution in [1.29, 1.82) is 0 Å². The Morgan fingerprint density at radius 2 is 1.85 bits per heavy atom. The molecule has 0 saturated carbocycles. The lowest BCUT2D eigenvalue weighted by atomic mass is 10.0. The molecular weight excluding hydrogens is 160 g/mol. The van der Waals surface area contributed by atoms with E-state index in [4.69, 9.17) is 0 Å². The van der Waals surface area contributed by atoms with E-state index in [1.807, 2.05) is 0 Å². The van der Waals surface area contributed by atoms with Crippen molar-refractivity contribution in [3.63, 3.8) is 0 Å². The molecule has 3 atom stereocenters. The van der Waals surface area contributed by atoms with Crippen LogP contribution in [-0.4, -0.2) is 37.1 Å². The monoisotopic (exact) mass is 184 g/mol. The maximum Gasteiger partial charge on any atom is 0.0192 e. The van der Waals surface area contributed by atoms with Crippen LogP contribution in [0, 0.1) is 11.8 Å². The van der Waals surface area contributed by atoms with Crippen molar-refractivity contribution in [3.8, 4) is 0 Å². The second-order valence-corrected chi connectivity index (χ2v) is 4.57. The summed E-state index contributed by atoms with van der Waals surface area (Å²) in [6.07, 6.45) is 0. The third-order valence-electron chi connectivity index (χ3n) is 3.33. The molecule has 0 aliphatic carbocycles. The van der Waals surface area contributed by atoms with Crippen LogP contribution in [-0.2, 0) is 0 Å². The van der Waals surface area contributed by atoms with Crippen molar-refractivity contribution in [1.82, 2.24) is 10.2 Å². The Kier molecular flexibility index (Phi) is 4.20. The van der Waals surface area contributed by atoms with Crippen LogP contribution in [0.4, 0.5) is 0 Å². The summed E-state index contributed by atoms with van der Waals surface area (Å²) in [5.74, 6) is 1.76. The van der Waals surface area contributed by atoms with Gasteiger partial charge in [0.1, 0.15) is 0 Å². The molecule has 1 saturated heterocycles. The topological polar surface area (TPSA) is 15.3 Å². The van der Waals surface area contributed by atoms with Gasteiger partial charge in [0.05, 0.1) is 0 Å². The quantitative estimate of drug-likeness (QED) is 0.713. The second kappa shape index (κ2) is 4.97. The predicted molar refractivity (Wildman–Crippen MR) is 57.9 cm³/mol. The Balaban J connectivity index is 2.28. The molecular formula is C11H24N2. The van der Waals surface area contributed by atoms with Crippen LogP contribution < -0.4 is 5.32 Å². The average Bonchev–Trinajstić information content (AvgIpc) is 2.43. The Hall–Kier alpha value is -0.0800. The van der Waals surface area contributed by atoms with E-state index in [1.54, 1.807) is 0 Å². The van der Waals surface area contributed by atoms with Gasteiger partial charge in [-0.25, -0.2) is 0 Å². The van der Waals surface area contributed by atoms with Gasteiger partial charge in [0, 0.05) is 25.7 Å². The molecule has 1 heterocycles. The molecule has 3 unspecified atom stereocenters. The van der Waals surface area contributed by atoms with E-state index in [1.165, 1.54) is 13.1 Å². The lowest BCUT2D eigenvalue weighted by Gasteiger charge is -2.24. The van der Waals surface area contributed by atoms with E-state index in [2.05, 4.69) is 37.9 Å². The highest BCUT2D eigenvalue weighted by molar-refractivity contribution is 4.82. The summed E-state index contributed by atoms with van der Waals surface area (Å²) < 4.78 is 0. The van der Waals surface area contributed by atoms with E-state index in [9.17, 15) is 0 Å². The molecule has 0 aromatic rings. The molecule has 0 aromatic heterocycles. The van der Waals surface area contributed by atoms with Crippen molar-refractivity contribution < 1.29 is 0 Å². The molecule has 0 radical (unpaired) electrons. The summed E-state index contributed by atoms with van der Waals surface area (Å²) in [5.41, 5.74) is 0. The maximum atomic E-state index is 3.41. The summed E-state index contributed by atoms with van der Waals surface area (Å²) in [7, 11) is 0. The van der Waals surface area contributed by atoms with E-state index in [0.717, 1.165) is 24.9 Å². The molecule has 1 fully saturated rings. The number of nitrogens with one attached hydrogen (secondary N) is 1. The molecule has 1 aliphatic heterocycles. The maximum absolute atomic E-state index is 3.41. The molecule has 1 aliphatic rings. The fourth-order valence-electron chi connectivity index (χ4n) is 2.02. The van der Waals surface area contributed by atoms with Crippen molar-refractivity contribution in [3.05, 3.63) is 0 Å². The Labute approximate surface area is 82.7 Å². The Morgan fingerprint density at radius 3 is 2.31 bits per heavy atom. The molecule has 0 bridgehead atoms. The molecule has 0 aromatic carbocycles. The van der Waals surface area contributed by atoms with E-state index < -0.39 is 0 Å². The first-order valence-corrected chi connectivity index (χ1v) is 5.59. The van der Waals surface area contributed by atoms with Crippen LogP contribution in [0.5, 0.6) is 0 Å².